The molecule has 0 N–H and O–H groups in total. The third-order valence-corrected chi connectivity index (χ3v) is 6.78. The lowest BCUT2D eigenvalue weighted by Crippen LogP contribution is -3.33. The third-order valence-electron chi connectivity index (χ3n) is 6.78. The Hall–Kier alpha value is -2.55. The molecule has 5 nitrogen and oxygen atoms in total. The third kappa shape index (κ3) is 0.229. The molecule has 18 heavy (non-hydrogen) atoms. The van der Waals surface area contributed by atoms with Gasteiger partial charge in [-0.2, -0.15) is 0 Å². The van der Waals surface area contributed by atoms with Gasteiger partial charge in [0.15, 0.2) is 11.8 Å². The molecule has 6 rings (SSSR count). The normalized spacial score (nSPS) is 72.7. The average Bonchev–Trinajstić information content (AvgIpc) is 2.43. The van der Waals surface area contributed by atoms with Crippen molar-refractivity contribution in [2.24, 2.45) is 17.8 Å². The largest absolute Gasteiger partial charge is 0.477 e. The molecular formula is C13H3N5. The Morgan fingerprint density at radius 2 is 1.11 bits per heavy atom. The molecule has 0 aromatic rings. The van der Waals surface area contributed by atoms with Crippen molar-refractivity contribution >= 4 is 0 Å². The molecule has 6 aliphatic rings. The van der Waals surface area contributed by atoms with E-state index in [4.69, 9.17) is 32.9 Å². The van der Waals surface area contributed by atoms with Crippen LogP contribution in [0.25, 0.3) is 24.2 Å². The van der Waals surface area contributed by atoms with Gasteiger partial charge in [0.1, 0.15) is 0 Å². The van der Waals surface area contributed by atoms with Crippen LogP contribution in [-0.2, 0) is 0 Å². The van der Waals surface area contributed by atoms with Crippen LogP contribution in [0.5, 0.6) is 0 Å². The van der Waals surface area contributed by atoms with Crippen LogP contribution in [0.3, 0.4) is 0 Å². The fraction of sp³-hybridized carbons (Fsp3) is 0.615. The Morgan fingerprint density at radius 1 is 0.611 bits per heavy atom. The van der Waals surface area contributed by atoms with Gasteiger partial charge in [0, 0.05) is 0 Å². The molecule has 0 aromatic heterocycles. The highest BCUT2D eigenvalue weighted by atomic mass is 15.5. The minimum absolute atomic E-state index is 0.0518. The summed E-state index contributed by atoms with van der Waals surface area (Å²) in [6, 6.07) is 0. The highest BCUT2D eigenvalue weighted by molar-refractivity contribution is 5.93. The molecular weight excluding hydrogens is 226 g/mol. The molecule has 5 heteroatoms. The first kappa shape index (κ1) is 8.53. The van der Waals surface area contributed by atoms with E-state index in [1.807, 2.05) is 0 Å². The molecule has 6 aliphatic carbocycles. The Balaban J connectivity index is 1.92. The molecule has 6 fully saturated rings. The molecule has 0 spiro atoms. The van der Waals surface area contributed by atoms with Crippen LogP contribution >= 0.6 is 0 Å². The van der Waals surface area contributed by atoms with Gasteiger partial charge in [0.25, 0.3) is 0 Å². The van der Waals surface area contributed by atoms with Crippen molar-refractivity contribution in [1.29, 1.82) is 0 Å². The van der Waals surface area contributed by atoms with E-state index in [0.717, 1.165) is 0 Å². The fourth-order valence-electron chi connectivity index (χ4n) is 6.87. The zero-order valence-electron chi connectivity index (χ0n) is 8.97. The predicted octanol–water partition coefficient (Wildman–Crippen LogP) is 1.19. The van der Waals surface area contributed by atoms with Gasteiger partial charge >= 0.3 is 27.7 Å². The zero-order chi connectivity index (χ0) is 12.8. The van der Waals surface area contributed by atoms with Crippen molar-refractivity contribution in [1.82, 2.24) is 0 Å². The van der Waals surface area contributed by atoms with Crippen LogP contribution in [0.4, 0.5) is 0 Å². The standard InChI is InChI=1S/C13H3N5/c1-14-9-7-6-8(9)12(17-4)10(6,15-2)11(7,16-3)13(9,12)18-5/h6-8H. The lowest BCUT2D eigenvalue weighted by atomic mass is 8.88. The van der Waals surface area contributed by atoms with Gasteiger partial charge in [-0.15, -0.1) is 0 Å². The van der Waals surface area contributed by atoms with Gasteiger partial charge < -0.3 is 0 Å². The van der Waals surface area contributed by atoms with Crippen LogP contribution < -0.4 is 0 Å². The maximum absolute atomic E-state index is 7.46. The topological polar surface area (TPSA) is 21.8 Å². The molecule has 0 aliphatic heterocycles. The zero-order valence-corrected chi connectivity index (χ0v) is 8.97. The minimum atomic E-state index is -1.17. The summed E-state index contributed by atoms with van der Waals surface area (Å²) >= 11 is 0. The lowest BCUT2D eigenvalue weighted by Gasteiger charge is -2.94. The van der Waals surface area contributed by atoms with Crippen molar-refractivity contribution in [3.63, 3.8) is 0 Å². The number of hydrogen-bond acceptors (Lipinski definition) is 0. The minimum Gasteiger partial charge on any atom is -0.299 e. The van der Waals surface area contributed by atoms with Crippen molar-refractivity contribution < 1.29 is 0 Å². The molecule has 0 aromatic carbocycles. The Morgan fingerprint density at radius 3 is 1.44 bits per heavy atom. The first-order valence-electron chi connectivity index (χ1n) is 5.60. The summed E-state index contributed by atoms with van der Waals surface area (Å²) in [4.78, 5) is 18.2. The van der Waals surface area contributed by atoms with Gasteiger partial charge in [0.2, 0.25) is 0 Å². The van der Waals surface area contributed by atoms with Gasteiger partial charge in [-0.3, -0.25) is 24.2 Å². The van der Waals surface area contributed by atoms with Crippen molar-refractivity contribution in [2.45, 2.75) is 27.7 Å². The van der Waals surface area contributed by atoms with Crippen molar-refractivity contribution in [3.8, 4) is 0 Å². The van der Waals surface area contributed by atoms with Gasteiger partial charge in [-0.1, -0.05) is 0 Å². The quantitative estimate of drug-likeness (QED) is 0.557. The first-order valence-corrected chi connectivity index (χ1v) is 5.60. The highest BCUT2D eigenvalue weighted by Gasteiger charge is 3.52. The van der Waals surface area contributed by atoms with E-state index < -0.39 is 27.7 Å². The summed E-state index contributed by atoms with van der Waals surface area (Å²) in [6.45, 7) is 37.1. The summed E-state index contributed by atoms with van der Waals surface area (Å²) in [5, 5.41) is 0. The summed E-state index contributed by atoms with van der Waals surface area (Å²) in [5.41, 5.74) is -4.92. The lowest BCUT2D eigenvalue weighted by molar-refractivity contribution is -0.542. The highest BCUT2D eigenvalue weighted by Crippen LogP contribution is 3.11. The number of hydrogen-bond donors (Lipinski definition) is 0. The number of rotatable bonds is 0. The molecule has 0 heterocycles. The van der Waals surface area contributed by atoms with Gasteiger partial charge in [-0.25, -0.2) is 32.9 Å². The van der Waals surface area contributed by atoms with E-state index >= 15 is 0 Å². The molecule has 0 radical (unpaired) electrons. The van der Waals surface area contributed by atoms with Crippen LogP contribution in [0.1, 0.15) is 0 Å². The number of nitrogens with zero attached hydrogens (tertiary/aromatic N) is 5. The molecule has 0 saturated heterocycles. The second kappa shape index (κ2) is 1.52. The second-order valence-electron chi connectivity index (χ2n) is 5.88. The Labute approximate surface area is 103 Å². The summed E-state index contributed by atoms with van der Waals surface area (Å²) < 4.78 is 0. The Kier molecular flexibility index (Phi) is 0.721. The monoisotopic (exact) mass is 229 g/mol. The molecule has 0 amide bonds. The van der Waals surface area contributed by atoms with E-state index in [9.17, 15) is 0 Å². The molecule has 4 unspecified atom stereocenters. The fourth-order valence-corrected chi connectivity index (χ4v) is 6.87. The second-order valence-corrected chi connectivity index (χ2v) is 5.88. The molecule has 4 atom stereocenters. The van der Waals surface area contributed by atoms with Crippen molar-refractivity contribution in [3.05, 3.63) is 57.1 Å². The smallest absolute Gasteiger partial charge is 0.299 e. The van der Waals surface area contributed by atoms with E-state index in [1.165, 1.54) is 0 Å². The molecule has 0 bridgehead atoms. The van der Waals surface area contributed by atoms with Crippen LogP contribution in [0.15, 0.2) is 0 Å². The summed E-state index contributed by atoms with van der Waals surface area (Å²) in [7, 11) is 0. The molecule has 6 saturated carbocycles. The summed E-state index contributed by atoms with van der Waals surface area (Å²) in [6.07, 6.45) is 0. The first-order chi connectivity index (χ1) is 8.66. The van der Waals surface area contributed by atoms with E-state index in [0.29, 0.717) is 0 Å². The van der Waals surface area contributed by atoms with Crippen LogP contribution in [0, 0.1) is 50.6 Å². The predicted molar refractivity (Wildman–Crippen MR) is 57.1 cm³/mol. The maximum Gasteiger partial charge on any atom is 0.477 e. The van der Waals surface area contributed by atoms with Crippen LogP contribution in [0.2, 0.25) is 0 Å². The van der Waals surface area contributed by atoms with Gasteiger partial charge in [-0.05, 0) is 0 Å². The van der Waals surface area contributed by atoms with Crippen LogP contribution in [-0.4, -0.2) is 27.7 Å². The van der Waals surface area contributed by atoms with E-state index in [-0.39, 0.29) is 17.8 Å². The van der Waals surface area contributed by atoms with Gasteiger partial charge in [0.05, 0.1) is 5.92 Å². The average molecular weight is 229 g/mol. The summed E-state index contributed by atoms with van der Waals surface area (Å²) in [5.74, 6) is -0.149. The van der Waals surface area contributed by atoms with E-state index in [2.05, 4.69) is 24.2 Å². The Bertz CT molecular complexity index is 767. The maximum atomic E-state index is 7.46. The SMILES string of the molecule is [C-]#[N+]C12C3C4C1C1([N+]#[C-])C4([N+]#[C-])C3([N+]#[C-])C21[N+]#[C-]. The molecule has 80 valence electrons. The van der Waals surface area contributed by atoms with Crippen molar-refractivity contribution in [2.75, 3.05) is 0 Å². The van der Waals surface area contributed by atoms with E-state index in [1.54, 1.807) is 0 Å².